The van der Waals surface area contributed by atoms with E-state index in [0.29, 0.717) is 4.90 Å². The fraction of sp³-hybridized carbons (Fsp3) is 0. The fourth-order valence-corrected chi connectivity index (χ4v) is 1.13. The Morgan fingerprint density at radius 3 is 2.50 bits per heavy atom. The molecule has 0 saturated heterocycles. The number of benzene rings is 1. The van der Waals surface area contributed by atoms with Gasteiger partial charge in [0.05, 0.1) is 0 Å². The Balaban J connectivity index is 0.00000121. The number of phenols is 1. The molecule has 3 nitrogen and oxygen atoms in total. The van der Waals surface area contributed by atoms with E-state index >= 15 is 0 Å². The largest absolute Gasteiger partial charge is 1.00 e. The Morgan fingerprint density at radius 1 is 1.50 bits per heavy atom. The first-order valence-corrected chi connectivity index (χ1v) is 4.24. The van der Waals surface area contributed by atoms with Crippen molar-refractivity contribution in [3.8, 4) is 5.75 Å². The molecule has 0 saturated carbocycles. The van der Waals surface area contributed by atoms with E-state index in [1.54, 1.807) is 0 Å². The zero-order valence-electron chi connectivity index (χ0n) is 6.35. The van der Waals surface area contributed by atoms with E-state index in [1.807, 2.05) is 0 Å². The van der Waals surface area contributed by atoms with Crippen LogP contribution in [-0.2, 0) is 11.1 Å². The van der Waals surface area contributed by atoms with E-state index in [-0.39, 0.29) is 40.2 Å². The van der Waals surface area contributed by atoms with Gasteiger partial charge in [0.2, 0.25) is 0 Å². The van der Waals surface area contributed by atoms with Gasteiger partial charge >= 0.3 is 29.6 Å². The number of phenolic OH excluding ortho intramolecular Hbond substituents is 1. The number of hydrogen-bond donors (Lipinski definition) is 2. The summed E-state index contributed by atoms with van der Waals surface area (Å²) in [4.78, 5) is 0.416. The van der Waals surface area contributed by atoms with Gasteiger partial charge in [-0.15, -0.1) is 12.6 Å². The molecule has 1 N–H and O–H groups in total. The number of thiol groups is 1. The maximum Gasteiger partial charge on any atom is 1.00 e. The van der Waals surface area contributed by atoms with Gasteiger partial charge in [-0.05, 0) is 29.3 Å². The van der Waals surface area contributed by atoms with E-state index in [4.69, 9.17) is 5.11 Å². The van der Waals surface area contributed by atoms with E-state index in [1.165, 1.54) is 12.1 Å². The molecule has 0 aromatic heterocycles. The van der Waals surface area contributed by atoms with Crippen LogP contribution in [0.5, 0.6) is 5.75 Å². The normalized spacial score (nSPS) is 11.8. The predicted molar refractivity (Wildman–Crippen MR) is 42.5 cm³/mol. The molecule has 0 bridgehead atoms. The van der Waals surface area contributed by atoms with Gasteiger partial charge in [-0.2, -0.15) is 0 Å². The monoisotopic (exact) mass is 212 g/mol. The molecule has 0 fully saturated rings. The maximum absolute atomic E-state index is 10.3. The van der Waals surface area contributed by atoms with E-state index in [2.05, 4.69) is 12.6 Å². The molecule has 1 atom stereocenters. The summed E-state index contributed by atoms with van der Waals surface area (Å²) in [5.41, 5.74) is 0. The second kappa shape index (κ2) is 5.26. The van der Waals surface area contributed by atoms with E-state index < -0.39 is 11.1 Å². The Morgan fingerprint density at radius 2 is 2.08 bits per heavy atom. The molecule has 0 amide bonds. The SMILES string of the molecule is O=S([O-])c1ccc(S)c(O)c1.[Na+]. The van der Waals surface area contributed by atoms with Crippen LogP contribution in [0.2, 0.25) is 0 Å². The molecule has 0 aliphatic carbocycles. The zero-order chi connectivity index (χ0) is 8.43. The van der Waals surface area contributed by atoms with Crippen LogP contribution < -0.4 is 29.6 Å². The molecule has 1 rings (SSSR count). The smallest absolute Gasteiger partial charge is 0.768 e. The van der Waals surface area contributed by atoms with Crippen molar-refractivity contribution in [2.45, 2.75) is 9.79 Å². The van der Waals surface area contributed by atoms with Gasteiger partial charge < -0.3 is 9.66 Å². The molecule has 0 radical (unpaired) electrons. The standard InChI is InChI=1S/C6H6O3S2.Na/c7-5-3-4(11(8)9)1-2-6(5)10;/h1-3,7,10H,(H,8,9);/q;+1/p-1. The van der Waals surface area contributed by atoms with Gasteiger partial charge in [0.15, 0.2) is 0 Å². The van der Waals surface area contributed by atoms with Crippen LogP contribution in [0, 0.1) is 0 Å². The summed E-state index contributed by atoms with van der Waals surface area (Å²) in [6.45, 7) is 0. The molecule has 1 unspecified atom stereocenters. The number of aromatic hydroxyl groups is 1. The van der Waals surface area contributed by atoms with Crippen molar-refractivity contribution >= 4 is 23.7 Å². The second-order valence-electron chi connectivity index (χ2n) is 1.89. The van der Waals surface area contributed by atoms with Gasteiger partial charge in [0, 0.05) is 9.79 Å². The molecule has 0 aliphatic rings. The maximum atomic E-state index is 10.3. The van der Waals surface area contributed by atoms with Crippen LogP contribution in [0.3, 0.4) is 0 Å². The molecule has 1 aromatic rings. The quantitative estimate of drug-likeness (QED) is 0.319. The van der Waals surface area contributed by atoms with Crippen LogP contribution in [0.25, 0.3) is 0 Å². The Labute approximate surface area is 100 Å². The van der Waals surface area contributed by atoms with Gasteiger partial charge in [0.1, 0.15) is 5.75 Å². The van der Waals surface area contributed by atoms with Crippen LogP contribution in [-0.4, -0.2) is 13.9 Å². The minimum atomic E-state index is -2.29. The molecule has 0 aliphatic heterocycles. The van der Waals surface area contributed by atoms with Crippen molar-refractivity contribution in [1.29, 1.82) is 0 Å². The molecule has 1 aromatic carbocycles. The molecular formula is C6H5NaO3S2. The number of hydrogen-bond acceptors (Lipinski definition) is 4. The van der Waals surface area contributed by atoms with Crippen LogP contribution in [0.1, 0.15) is 0 Å². The van der Waals surface area contributed by atoms with Crippen molar-refractivity contribution in [3.05, 3.63) is 18.2 Å². The van der Waals surface area contributed by atoms with Crippen LogP contribution in [0.15, 0.2) is 28.0 Å². The minimum Gasteiger partial charge on any atom is -0.768 e. The average molecular weight is 212 g/mol. The van der Waals surface area contributed by atoms with Crippen molar-refractivity contribution in [2.24, 2.45) is 0 Å². The van der Waals surface area contributed by atoms with Gasteiger partial charge in [0.25, 0.3) is 0 Å². The third kappa shape index (κ3) is 3.08. The first-order chi connectivity index (χ1) is 5.11. The Kier molecular flexibility index (Phi) is 5.47. The summed E-state index contributed by atoms with van der Waals surface area (Å²) >= 11 is 1.57. The summed E-state index contributed by atoms with van der Waals surface area (Å²) in [7, 11) is 0. The van der Waals surface area contributed by atoms with E-state index in [9.17, 15) is 8.76 Å². The third-order valence-electron chi connectivity index (χ3n) is 1.14. The van der Waals surface area contributed by atoms with E-state index in [0.717, 1.165) is 6.07 Å². The molecule has 6 heteroatoms. The summed E-state index contributed by atoms with van der Waals surface area (Å²) in [5, 5.41) is 9.00. The van der Waals surface area contributed by atoms with Gasteiger partial charge in [-0.1, -0.05) is 0 Å². The average Bonchev–Trinajstić information content (AvgIpc) is 1.94. The third-order valence-corrected chi connectivity index (χ3v) is 2.16. The first-order valence-electron chi connectivity index (χ1n) is 2.72. The summed E-state index contributed by atoms with van der Waals surface area (Å²) in [6, 6.07) is 3.93. The Bertz CT molecular complexity index is 303. The second-order valence-corrected chi connectivity index (χ2v) is 3.31. The number of rotatable bonds is 1. The summed E-state index contributed by atoms with van der Waals surface area (Å²) in [5.74, 6) is -0.130. The molecular weight excluding hydrogens is 207 g/mol. The Hall–Kier alpha value is 0.480. The van der Waals surface area contributed by atoms with Crippen molar-refractivity contribution in [1.82, 2.24) is 0 Å². The molecule has 12 heavy (non-hydrogen) atoms. The van der Waals surface area contributed by atoms with Crippen LogP contribution in [0.4, 0.5) is 0 Å². The van der Waals surface area contributed by atoms with Crippen molar-refractivity contribution < 1.29 is 43.4 Å². The summed E-state index contributed by atoms with van der Waals surface area (Å²) in [6.07, 6.45) is 0. The van der Waals surface area contributed by atoms with Crippen molar-refractivity contribution in [3.63, 3.8) is 0 Å². The molecule has 60 valence electrons. The minimum absolute atomic E-state index is 0. The van der Waals surface area contributed by atoms with Crippen molar-refractivity contribution in [2.75, 3.05) is 0 Å². The first kappa shape index (κ1) is 12.5. The molecule has 0 spiro atoms. The molecule has 0 heterocycles. The topological polar surface area (TPSA) is 60.4 Å². The summed E-state index contributed by atoms with van der Waals surface area (Å²) < 4.78 is 20.7. The fourth-order valence-electron chi connectivity index (χ4n) is 0.607. The zero-order valence-corrected chi connectivity index (χ0v) is 10.1. The predicted octanol–water partition coefficient (Wildman–Crippen LogP) is -2.08. The van der Waals surface area contributed by atoms with Gasteiger partial charge in [-0.25, -0.2) is 0 Å². The van der Waals surface area contributed by atoms with Gasteiger partial charge in [-0.3, -0.25) is 4.21 Å². The van der Waals surface area contributed by atoms with Crippen LogP contribution >= 0.6 is 12.6 Å².